The Morgan fingerprint density at radius 1 is 1.41 bits per heavy atom. The predicted octanol–water partition coefficient (Wildman–Crippen LogP) is 3.83. The van der Waals surface area contributed by atoms with Gasteiger partial charge in [0.05, 0.1) is 6.61 Å². The van der Waals surface area contributed by atoms with Gasteiger partial charge in [-0.2, -0.15) is 13.2 Å². The van der Waals surface area contributed by atoms with Crippen LogP contribution in [0.3, 0.4) is 0 Å². The third kappa shape index (κ3) is 4.37. The van der Waals surface area contributed by atoms with Crippen molar-refractivity contribution in [1.82, 2.24) is 0 Å². The molecule has 17 heavy (non-hydrogen) atoms. The van der Waals surface area contributed by atoms with Crippen LogP contribution >= 0.6 is 28.3 Å². The molecule has 0 aromatic heterocycles. The Bertz CT molecular complexity index is 373. The number of ether oxygens (including phenoxy) is 1. The van der Waals surface area contributed by atoms with Crippen LogP contribution in [-0.2, 0) is 0 Å². The minimum Gasteiger partial charge on any atom is -0.494 e. The molecule has 0 bridgehead atoms. The van der Waals surface area contributed by atoms with Crippen molar-refractivity contribution in [2.45, 2.75) is 19.1 Å². The molecule has 2 N–H and O–H groups in total. The van der Waals surface area contributed by atoms with Gasteiger partial charge in [0.15, 0.2) is 0 Å². The molecule has 0 saturated heterocycles. The second kappa shape index (κ2) is 6.47. The summed E-state index contributed by atoms with van der Waals surface area (Å²) in [6.07, 6.45) is -4.48. The fourth-order valence-electron chi connectivity index (χ4n) is 1.23. The van der Waals surface area contributed by atoms with Crippen LogP contribution in [0, 0.1) is 0 Å². The van der Waals surface area contributed by atoms with E-state index in [4.69, 9.17) is 10.5 Å². The first kappa shape index (κ1) is 16.5. The summed E-state index contributed by atoms with van der Waals surface area (Å²) in [7, 11) is 0. The summed E-state index contributed by atoms with van der Waals surface area (Å²) in [5.41, 5.74) is 5.08. The van der Waals surface area contributed by atoms with E-state index in [-0.39, 0.29) is 23.7 Å². The molecule has 0 fully saturated rings. The zero-order chi connectivity index (χ0) is 12.3. The summed E-state index contributed by atoms with van der Waals surface area (Å²) in [5, 5.41) is 0. The van der Waals surface area contributed by atoms with Gasteiger partial charge in [0.2, 0.25) is 0 Å². The Hall–Kier alpha value is -0.460. The van der Waals surface area contributed by atoms with Crippen LogP contribution in [0.4, 0.5) is 13.2 Å². The van der Waals surface area contributed by atoms with Crippen LogP contribution in [0.15, 0.2) is 22.7 Å². The Morgan fingerprint density at radius 2 is 2.00 bits per heavy atom. The van der Waals surface area contributed by atoms with Gasteiger partial charge >= 0.3 is 6.18 Å². The van der Waals surface area contributed by atoms with Crippen molar-refractivity contribution in [1.29, 1.82) is 0 Å². The first-order valence-corrected chi connectivity index (χ1v) is 5.40. The fraction of sp³-hybridized carbons (Fsp3) is 0.400. The van der Waals surface area contributed by atoms with Crippen molar-refractivity contribution in [2.75, 3.05) is 6.61 Å². The minimum absolute atomic E-state index is 0. The molecule has 0 heterocycles. The molecule has 1 atom stereocenters. The average Bonchev–Trinajstić information content (AvgIpc) is 2.18. The van der Waals surface area contributed by atoms with Crippen molar-refractivity contribution in [2.24, 2.45) is 5.73 Å². The Balaban J connectivity index is 0.00000256. The van der Waals surface area contributed by atoms with Gasteiger partial charge in [-0.15, -0.1) is 12.4 Å². The van der Waals surface area contributed by atoms with E-state index in [1.807, 2.05) is 0 Å². The Kier molecular flexibility index (Phi) is 6.29. The molecule has 7 heteroatoms. The molecule has 0 aliphatic heterocycles. The highest BCUT2D eigenvalue weighted by Gasteiger charge is 2.39. The molecule has 1 aromatic carbocycles. The molecule has 1 aromatic rings. The van der Waals surface area contributed by atoms with Crippen molar-refractivity contribution in [3.05, 3.63) is 28.2 Å². The molecule has 2 nitrogen and oxygen atoms in total. The number of nitrogens with two attached hydrogens (primary N) is 1. The van der Waals surface area contributed by atoms with Gasteiger partial charge in [-0.1, -0.05) is 15.9 Å². The molecule has 0 aliphatic rings. The van der Waals surface area contributed by atoms with Gasteiger partial charge in [-0.3, -0.25) is 0 Å². The maximum Gasteiger partial charge on any atom is 0.407 e. The lowest BCUT2D eigenvalue weighted by molar-refractivity contribution is -0.149. The van der Waals surface area contributed by atoms with Crippen LogP contribution in [0.1, 0.15) is 18.5 Å². The number of hydrogen-bond acceptors (Lipinski definition) is 2. The van der Waals surface area contributed by atoms with Crippen LogP contribution in [-0.4, -0.2) is 12.8 Å². The van der Waals surface area contributed by atoms with Crippen LogP contribution in [0.2, 0.25) is 0 Å². The van der Waals surface area contributed by atoms with Gasteiger partial charge in [0.1, 0.15) is 11.8 Å². The summed E-state index contributed by atoms with van der Waals surface area (Å²) >= 11 is 3.10. The molecule has 0 aliphatic carbocycles. The number of halogens is 5. The van der Waals surface area contributed by atoms with Crippen LogP contribution in [0.25, 0.3) is 0 Å². The van der Waals surface area contributed by atoms with Gasteiger partial charge in [-0.25, -0.2) is 0 Å². The third-order valence-corrected chi connectivity index (χ3v) is 2.45. The quantitative estimate of drug-likeness (QED) is 0.912. The lowest BCUT2D eigenvalue weighted by atomic mass is 10.1. The number of rotatable bonds is 3. The van der Waals surface area contributed by atoms with Crippen LogP contribution in [0.5, 0.6) is 5.75 Å². The van der Waals surface area contributed by atoms with Crippen molar-refractivity contribution < 1.29 is 17.9 Å². The van der Waals surface area contributed by atoms with E-state index in [0.29, 0.717) is 11.1 Å². The Labute approximate surface area is 112 Å². The normalized spacial score (nSPS) is 12.8. The highest BCUT2D eigenvalue weighted by atomic mass is 79.9. The number of benzene rings is 1. The monoisotopic (exact) mass is 333 g/mol. The van der Waals surface area contributed by atoms with Crippen molar-refractivity contribution in [3.8, 4) is 5.75 Å². The first-order valence-electron chi connectivity index (χ1n) is 4.60. The zero-order valence-corrected chi connectivity index (χ0v) is 11.3. The summed E-state index contributed by atoms with van der Waals surface area (Å²) < 4.78 is 43.1. The van der Waals surface area contributed by atoms with E-state index in [1.165, 1.54) is 12.1 Å². The van der Waals surface area contributed by atoms with Gasteiger partial charge in [0.25, 0.3) is 0 Å². The third-order valence-electron chi connectivity index (χ3n) is 1.96. The van der Waals surface area contributed by atoms with E-state index in [0.717, 1.165) is 0 Å². The molecular weight excluding hydrogens is 322 g/mol. The minimum atomic E-state index is -4.48. The zero-order valence-electron chi connectivity index (χ0n) is 8.92. The number of hydrogen-bond donors (Lipinski definition) is 1. The van der Waals surface area contributed by atoms with E-state index in [1.54, 1.807) is 13.0 Å². The molecular formula is C10H12BrClF3NO. The van der Waals surface area contributed by atoms with Gasteiger partial charge < -0.3 is 10.5 Å². The lowest BCUT2D eigenvalue weighted by Gasteiger charge is -2.19. The largest absolute Gasteiger partial charge is 0.494 e. The van der Waals surface area contributed by atoms with E-state index >= 15 is 0 Å². The lowest BCUT2D eigenvalue weighted by Crippen LogP contribution is -2.29. The Morgan fingerprint density at radius 3 is 2.47 bits per heavy atom. The smallest absolute Gasteiger partial charge is 0.407 e. The SMILES string of the molecule is CCOc1ccc(Br)cc1[C@H](N)C(F)(F)F.Cl. The van der Waals surface area contributed by atoms with Gasteiger partial charge in [-0.05, 0) is 25.1 Å². The topological polar surface area (TPSA) is 35.2 Å². The molecule has 0 amide bonds. The van der Waals surface area contributed by atoms with Crippen molar-refractivity contribution >= 4 is 28.3 Å². The predicted molar refractivity (Wildman–Crippen MR) is 65.5 cm³/mol. The average molecular weight is 335 g/mol. The molecule has 0 saturated carbocycles. The highest BCUT2D eigenvalue weighted by molar-refractivity contribution is 9.10. The standard InChI is InChI=1S/C10H11BrF3NO.ClH/c1-2-16-8-4-3-6(11)5-7(8)9(15)10(12,13)14;/h3-5,9H,2,15H2,1H3;1H/t9-;/m0./s1. The van der Waals surface area contributed by atoms with Gasteiger partial charge in [0, 0.05) is 10.0 Å². The first-order chi connectivity index (χ1) is 7.36. The van der Waals surface area contributed by atoms with Crippen molar-refractivity contribution in [3.63, 3.8) is 0 Å². The fourth-order valence-corrected chi connectivity index (χ4v) is 1.60. The molecule has 1 rings (SSSR count). The van der Waals surface area contributed by atoms with Crippen LogP contribution < -0.4 is 10.5 Å². The van der Waals surface area contributed by atoms with E-state index in [2.05, 4.69) is 15.9 Å². The maximum atomic E-state index is 12.5. The summed E-state index contributed by atoms with van der Waals surface area (Å²) in [4.78, 5) is 0. The second-order valence-corrected chi connectivity index (χ2v) is 4.05. The molecule has 98 valence electrons. The molecule has 0 unspecified atom stereocenters. The van der Waals surface area contributed by atoms with E-state index < -0.39 is 12.2 Å². The summed E-state index contributed by atoms with van der Waals surface area (Å²) in [5.74, 6) is 0.163. The summed E-state index contributed by atoms with van der Waals surface area (Å²) in [6.45, 7) is 1.99. The highest BCUT2D eigenvalue weighted by Crippen LogP contribution is 2.36. The van der Waals surface area contributed by atoms with E-state index in [9.17, 15) is 13.2 Å². The summed E-state index contributed by atoms with van der Waals surface area (Å²) in [6, 6.07) is 2.36. The second-order valence-electron chi connectivity index (χ2n) is 3.13. The molecule has 0 spiro atoms. The number of alkyl halides is 3. The maximum absolute atomic E-state index is 12.5. The molecule has 0 radical (unpaired) electrons.